The first-order chi connectivity index (χ1) is 13.5. The highest BCUT2D eigenvalue weighted by Gasteiger charge is 2.17. The molecule has 3 rings (SSSR count). The minimum absolute atomic E-state index is 0.107. The van der Waals surface area contributed by atoms with Gasteiger partial charge in [0.25, 0.3) is 0 Å². The minimum Gasteiger partial charge on any atom is -0.325 e. The van der Waals surface area contributed by atoms with Crippen molar-refractivity contribution in [2.24, 2.45) is 0 Å². The Balaban J connectivity index is 1.61. The highest BCUT2D eigenvalue weighted by molar-refractivity contribution is 7.89. The van der Waals surface area contributed by atoms with Crippen molar-refractivity contribution < 1.29 is 13.2 Å². The quantitative estimate of drug-likeness (QED) is 0.758. The number of halogens is 1. The molecule has 2 amide bonds. The maximum absolute atomic E-state index is 12.5. The third kappa shape index (κ3) is 5.47. The predicted octanol–water partition coefficient (Wildman–Crippen LogP) is 4.23. The fourth-order valence-electron chi connectivity index (χ4n) is 3.09. The molecule has 6 nitrogen and oxygen atoms in total. The van der Waals surface area contributed by atoms with Crippen molar-refractivity contribution >= 4 is 33.3 Å². The van der Waals surface area contributed by atoms with Gasteiger partial charge in [-0.3, -0.25) is 0 Å². The van der Waals surface area contributed by atoms with Gasteiger partial charge in [-0.1, -0.05) is 42.6 Å². The number of carbonyl (C=O) groups is 1. The predicted molar refractivity (Wildman–Crippen MR) is 111 cm³/mol. The average molecular weight is 422 g/mol. The van der Waals surface area contributed by atoms with E-state index in [9.17, 15) is 13.2 Å². The van der Waals surface area contributed by atoms with Crippen LogP contribution in [0.3, 0.4) is 0 Å². The third-order valence-electron chi connectivity index (χ3n) is 4.72. The standard InChI is InChI=1S/C20H24ClN3O3S/c21-19-8-4-3-7-16(19)15-22-28(26,27)18-11-9-17(10-12-18)23-20(25)24-13-5-1-2-6-14-24/h3-4,7-12,22H,1-2,5-6,13-15H2,(H,23,25). The number of hydrogen-bond acceptors (Lipinski definition) is 3. The molecule has 0 atom stereocenters. The second kappa shape index (κ2) is 9.41. The van der Waals surface area contributed by atoms with Crippen molar-refractivity contribution in [3.63, 3.8) is 0 Å². The Kier molecular flexibility index (Phi) is 6.93. The van der Waals surface area contributed by atoms with Gasteiger partial charge in [0.1, 0.15) is 0 Å². The number of anilines is 1. The number of carbonyl (C=O) groups excluding carboxylic acids is 1. The number of nitrogens with zero attached hydrogens (tertiary/aromatic N) is 1. The second-order valence-electron chi connectivity index (χ2n) is 6.77. The van der Waals surface area contributed by atoms with Gasteiger partial charge in [0, 0.05) is 30.3 Å². The Labute approximate surface area is 170 Å². The van der Waals surface area contributed by atoms with Gasteiger partial charge in [0.05, 0.1) is 4.90 Å². The summed E-state index contributed by atoms with van der Waals surface area (Å²) in [6, 6.07) is 13.1. The molecule has 2 aromatic rings. The monoisotopic (exact) mass is 421 g/mol. The van der Waals surface area contributed by atoms with E-state index >= 15 is 0 Å². The van der Waals surface area contributed by atoms with Crippen LogP contribution in [0, 0.1) is 0 Å². The summed E-state index contributed by atoms with van der Waals surface area (Å²) < 4.78 is 27.5. The van der Waals surface area contributed by atoms with Crippen molar-refractivity contribution in [1.82, 2.24) is 9.62 Å². The van der Waals surface area contributed by atoms with Crippen molar-refractivity contribution in [2.75, 3.05) is 18.4 Å². The highest BCUT2D eigenvalue weighted by Crippen LogP contribution is 2.18. The lowest BCUT2D eigenvalue weighted by Crippen LogP contribution is -2.35. The minimum atomic E-state index is -3.68. The first-order valence-electron chi connectivity index (χ1n) is 9.35. The number of amides is 2. The van der Waals surface area contributed by atoms with E-state index in [4.69, 9.17) is 11.6 Å². The van der Waals surface area contributed by atoms with E-state index in [0.29, 0.717) is 16.3 Å². The highest BCUT2D eigenvalue weighted by atomic mass is 35.5. The maximum Gasteiger partial charge on any atom is 0.321 e. The van der Waals surface area contributed by atoms with Gasteiger partial charge < -0.3 is 10.2 Å². The summed E-state index contributed by atoms with van der Waals surface area (Å²) in [5.74, 6) is 0. The van der Waals surface area contributed by atoms with Crippen LogP contribution in [0.4, 0.5) is 10.5 Å². The number of benzene rings is 2. The lowest BCUT2D eigenvalue weighted by molar-refractivity contribution is 0.214. The lowest BCUT2D eigenvalue weighted by atomic mass is 10.2. The molecule has 0 radical (unpaired) electrons. The van der Waals surface area contributed by atoms with Crippen LogP contribution in [0.5, 0.6) is 0 Å². The van der Waals surface area contributed by atoms with Gasteiger partial charge >= 0.3 is 6.03 Å². The molecule has 1 aliphatic heterocycles. The van der Waals surface area contributed by atoms with Gasteiger partial charge in [-0.15, -0.1) is 0 Å². The van der Waals surface area contributed by atoms with Crippen LogP contribution in [0.2, 0.25) is 5.02 Å². The SMILES string of the molecule is O=C(Nc1ccc(S(=O)(=O)NCc2ccccc2Cl)cc1)N1CCCCCC1. The summed E-state index contributed by atoms with van der Waals surface area (Å²) in [7, 11) is -3.68. The molecular formula is C20H24ClN3O3S. The molecule has 0 aromatic heterocycles. The molecular weight excluding hydrogens is 398 g/mol. The molecule has 0 bridgehead atoms. The zero-order chi connectivity index (χ0) is 20.0. The fraction of sp³-hybridized carbons (Fsp3) is 0.350. The molecule has 8 heteroatoms. The van der Waals surface area contributed by atoms with Gasteiger partial charge in [-0.25, -0.2) is 17.9 Å². The van der Waals surface area contributed by atoms with E-state index in [-0.39, 0.29) is 17.5 Å². The van der Waals surface area contributed by atoms with Gasteiger partial charge in [-0.2, -0.15) is 0 Å². The van der Waals surface area contributed by atoms with E-state index in [2.05, 4.69) is 10.0 Å². The van der Waals surface area contributed by atoms with E-state index in [1.54, 1.807) is 36.4 Å². The number of sulfonamides is 1. The Hall–Kier alpha value is -2.09. The molecule has 28 heavy (non-hydrogen) atoms. The van der Waals surface area contributed by atoms with Crippen molar-refractivity contribution in [2.45, 2.75) is 37.1 Å². The second-order valence-corrected chi connectivity index (χ2v) is 8.95. The summed E-state index contributed by atoms with van der Waals surface area (Å²) in [5.41, 5.74) is 1.27. The Morgan fingerprint density at radius 2 is 1.61 bits per heavy atom. The van der Waals surface area contributed by atoms with Gasteiger partial charge in [0.2, 0.25) is 10.0 Å². The summed E-state index contributed by atoms with van der Waals surface area (Å²) in [6.07, 6.45) is 4.33. The Bertz CT molecular complexity index is 909. The number of nitrogens with one attached hydrogen (secondary N) is 2. The molecule has 2 N–H and O–H groups in total. The normalized spacial score (nSPS) is 15.1. The maximum atomic E-state index is 12.5. The van der Waals surface area contributed by atoms with Crippen LogP contribution in [0.25, 0.3) is 0 Å². The molecule has 150 valence electrons. The molecule has 0 unspecified atom stereocenters. The van der Waals surface area contributed by atoms with Crippen molar-refractivity contribution in [3.8, 4) is 0 Å². The Morgan fingerprint density at radius 1 is 0.964 bits per heavy atom. The molecule has 1 fully saturated rings. The molecule has 2 aromatic carbocycles. The largest absolute Gasteiger partial charge is 0.325 e. The number of likely N-dealkylation sites (tertiary alicyclic amines) is 1. The first kappa shape index (κ1) is 20.6. The molecule has 0 aliphatic carbocycles. The summed E-state index contributed by atoms with van der Waals surface area (Å²) in [4.78, 5) is 14.3. The molecule has 0 saturated carbocycles. The van der Waals surface area contributed by atoms with Crippen LogP contribution in [-0.4, -0.2) is 32.4 Å². The fourth-order valence-corrected chi connectivity index (χ4v) is 4.30. The number of hydrogen-bond donors (Lipinski definition) is 2. The molecule has 1 heterocycles. The molecule has 0 spiro atoms. The number of urea groups is 1. The van der Waals surface area contributed by atoms with E-state index in [1.165, 1.54) is 12.1 Å². The van der Waals surface area contributed by atoms with Crippen LogP contribution in [0.15, 0.2) is 53.4 Å². The Morgan fingerprint density at radius 3 is 2.25 bits per heavy atom. The van der Waals surface area contributed by atoms with E-state index < -0.39 is 10.0 Å². The lowest BCUT2D eigenvalue weighted by Gasteiger charge is -2.20. The van der Waals surface area contributed by atoms with Crippen molar-refractivity contribution in [1.29, 1.82) is 0 Å². The topological polar surface area (TPSA) is 78.5 Å². The van der Waals surface area contributed by atoms with Gasteiger partial charge in [-0.05, 0) is 48.7 Å². The molecule has 1 aliphatic rings. The van der Waals surface area contributed by atoms with E-state index in [1.807, 2.05) is 4.90 Å². The van der Waals surface area contributed by atoms with Crippen LogP contribution in [0.1, 0.15) is 31.2 Å². The number of rotatable bonds is 5. The average Bonchev–Trinajstić information content (AvgIpc) is 2.97. The van der Waals surface area contributed by atoms with Crippen LogP contribution >= 0.6 is 11.6 Å². The summed E-state index contributed by atoms with van der Waals surface area (Å²) in [5, 5.41) is 3.35. The summed E-state index contributed by atoms with van der Waals surface area (Å²) in [6.45, 7) is 1.62. The van der Waals surface area contributed by atoms with Crippen LogP contribution in [-0.2, 0) is 16.6 Å². The smallest absolute Gasteiger partial charge is 0.321 e. The summed E-state index contributed by atoms with van der Waals surface area (Å²) >= 11 is 6.06. The first-order valence-corrected chi connectivity index (χ1v) is 11.2. The zero-order valence-electron chi connectivity index (χ0n) is 15.5. The zero-order valence-corrected chi connectivity index (χ0v) is 17.1. The van der Waals surface area contributed by atoms with E-state index in [0.717, 1.165) is 38.8 Å². The van der Waals surface area contributed by atoms with Crippen molar-refractivity contribution in [3.05, 3.63) is 59.1 Å². The molecule has 1 saturated heterocycles. The van der Waals surface area contributed by atoms with Gasteiger partial charge in [0.15, 0.2) is 0 Å². The third-order valence-corrected chi connectivity index (χ3v) is 6.51. The van der Waals surface area contributed by atoms with Crippen LogP contribution < -0.4 is 10.0 Å².